The molecule has 0 aliphatic carbocycles. The maximum atomic E-state index is 13.8. The lowest BCUT2D eigenvalue weighted by atomic mass is 9.87. The van der Waals surface area contributed by atoms with Crippen LogP contribution in [0.5, 0.6) is 17.2 Å². The summed E-state index contributed by atoms with van der Waals surface area (Å²) >= 11 is 0. The van der Waals surface area contributed by atoms with Crippen LogP contribution in [-0.2, 0) is 13.0 Å². The summed E-state index contributed by atoms with van der Waals surface area (Å²) in [5, 5.41) is 3.77. The highest BCUT2D eigenvalue weighted by Crippen LogP contribution is 2.44. The summed E-state index contributed by atoms with van der Waals surface area (Å²) in [6.07, 6.45) is 0.463. The van der Waals surface area contributed by atoms with Gasteiger partial charge in [-0.2, -0.15) is 0 Å². The fourth-order valence-corrected chi connectivity index (χ4v) is 4.64. The fraction of sp³-hybridized carbons (Fsp3) is 0.280. The number of hydrogen-bond donors (Lipinski definition) is 0. The van der Waals surface area contributed by atoms with Gasteiger partial charge < -0.3 is 23.6 Å². The fourth-order valence-electron chi connectivity index (χ4n) is 4.64. The summed E-state index contributed by atoms with van der Waals surface area (Å²) in [5.74, 6) is 1.24. The van der Waals surface area contributed by atoms with E-state index >= 15 is 0 Å². The Balaban J connectivity index is 1.59. The van der Waals surface area contributed by atoms with E-state index in [1.807, 2.05) is 6.07 Å². The minimum absolute atomic E-state index is 0.251. The van der Waals surface area contributed by atoms with E-state index in [-0.39, 0.29) is 18.3 Å². The number of urea groups is 1. The molecule has 2 aliphatic heterocycles. The molecular weight excluding hydrogens is 479 g/mol. The lowest BCUT2D eigenvalue weighted by Gasteiger charge is -2.40. The normalized spacial score (nSPS) is 16.9. The number of alkyl halides is 3. The third kappa shape index (κ3) is 4.43. The molecule has 8 nitrogen and oxygen atoms in total. The average molecular weight is 501 g/mol. The summed E-state index contributed by atoms with van der Waals surface area (Å²) in [6.45, 7) is 0.569. The van der Waals surface area contributed by atoms with Crippen LogP contribution in [0, 0.1) is 0 Å². The third-order valence-electron chi connectivity index (χ3n) is 6.19. The quantitative estimate of drug-likeness (QED) is 0.493. The van der Waals surface area contributed by atoms with Gasteiger partial charge in [0.1, 0.15) is 17.2 Å². The Bertz CT molecular complexity index is 1300. The number of benzene rings is 2. The first-order chi connectivity index (χ1) is 17.3. The number of methoxy groups -OCH3 is 2. The predicted octanol–water partition coefficient (Wildman–Crippen LogP) is 5.14. The smallest absolute Gasteiger partial charge is 0.497 e. The van der Waals surface area contributed by atoms with E-state index in [9.17, 15) is 18.0 Å². The SMILES string of the molecule is COc1cc2c(c(OC)c1)C(c1cccc(OC(F)(F)F)c1)N(C(=O)N1C=Cc3oncc3C1)CC2. The topological polar surface area (TPSA) is 77.3 Å². The molecule has 2 aromatic carbocycles. The predicted molar refractivity (Wildman–Crippen MR) is 121 cm³/mol. The lowest BCUT2D eigenvalue weighted by molar-refractivity contribution is -0.274. The Kier molecular flexibility index (Phi) is 5.99. The number of carbonyl (C=O) groups is 1. The zero-order valence-electron chi connectivity index (χ0n) is 19.4. The number of nitrogens with zero attached hydrogens (tertiary/aromatic N) is 3. The molecule has 0 saturated heterocycles. The molecule has 0 saturated carbocycles. The first kappa shape index (κ1) is 23.6. The molecule has 0 N–H and O–H groups in total. The van der Waals surface area contributed by atoms with Crippen LogP contribution >= 0.6 is 0 Å². The van der Waals surface area contributed by atoms with Gasteiger partial charge in [-0.1, -0.05) is 17.3 Å². The highest BCUT2D eigenvalue weighted by molar-refractivity contribution is 5.79. The van der Waals surface area contributed by atoms with Crippen LogP contribution in [0.3, 0.4) is 0 Å². The first-order valence-corrected chi connectivity index (χ1v) is 11.1. The molecule has 3 heterocycles. The number of amides is 2. The molecule has 2 amide bonds. The van der Waals surface area contributed by atoms with E-state index in [1.54, 1.807) is 35.5 Å². The third-order valence-corrected chi connectivity index (χ3v) is 6.19. The number of aromatic nitrogens is 1. The van der Waals surface area contributed by atoms with Crippen molar-refractivity contribution >= 4 is 12.1 Å². The van der Waals surface area contributed by atoms with Gasteiger partial charge in [0.2, 0.25) is 0 Å². The van der Waals surface area contributed by atoms with Crippen molar-refractivity contribution in [3.05, 3.63) is 76.8 Å². The number of ether oxygens (including phenoxy) is 3. The Morgan fingerprint density at radius 2 is 1.94 bits per heavy atom. The monoisotopic (exact) mass is 501 g/mol. The Labute approximate surface area is 204 Å². The Morgan fingerprint density at radius 3 is 2.69 bits per heavy atom. The Morgan fingerprint density at radius 1 is 1.11 bits per heavy atom. The molecule has 0 spiro atoms. The summed E-state index contributed by atoms with van der Waals surface area (Å²) in [5.41, 5.74) is 2.75. The minimum Gasteiger partial charge on any atom is -0.497 e. The van der Waals surface area contributed by atoms with Gasteiger partial charge >= 0.3 is 12.4 Å². The van der Waals surface area contributed by atoms with Gasteiger partial charge in [-0.05, 0) is 35.7 Å². The average Bonchev–Trinajstić information content (AvgIpc) is 3.34. The van der Waals surface area contributed by atoms with E-state index in [1.165, 1.54) is 37.3 Å². The first-order valence-electron chi connectivity index (χ1n) is 11.1. The minimum atomic E-state index is -4.85. The van der Waals surface area contributed by atoms with E-state index in [2.05, 4.69) is 9.89 Å². The van der Waals surface area contributed by atoms with Crippen LogP contribution in [0.4, 0.5) is 18.0 Å². The lowest BCUT2D eigenvalue weighted by Crippen LogP contribution is -2.46. The summed E-state index contributed by atoms with van der Waals surface area (Å²) < 4.78 is 59.2. The zero-order valence-corrected chi connectivity index (χ0v) is 19.4. The summed E-state index contributed by atoms with van der Waals surface area (Å²) in [6, 6.07) is 8.13. The van der Waals surface area contributed by atoms with Crippen LogP contribution in [0.15, 0.2) is 53.3 Å². The van der Waals surface area contributed by atoms with Gasteiger partial charge in [0.05, 0.1) is 33.0 Å². The molecule has 2 aliphatic rings. The molecule has 3 aromatic rings. The Hall–Kier alpha value is -4.15. The van der Waals surface area contributed by atoms with Crippen LogP contribution in [0.1, 0.15) is 34.1 Å². The molecule has 0 radical (unpaired) electrons. The van der Waals surface area contributed by atoms with Gasteiger partial charge in [0, 0.05) is 36.0 Å². The second-order valence-corrected chi connectivity index (χ2v) is 8.31. The molecule has 1 unspecified atom stereocenters. The molecule has 0 bridgehead atoms. The molecule has 1 aromatic heterocycles. The number of hydrogen-bond acceptors (Lipinski definition) is 6. The van der Waals surface area contributed by atoms with E-state index in [0.29, 0.717) is 41.4 Å². The molecule has 0 fully saturated rings. The maximum Gasteiger partial charge on any atom is 0.573 e. The van der Waals surface area contributed by atoms with E-state index in [0.717, 1.165) is 11.1 Å². The van der Waals surface area contributed by atoms with E-state index < -0.39 is 12.4 Å². The van der Waals surface area contributed by atoms with Gasteiger partial charge in [0.25, 0.3) is 0 Å². The van der Waals surface area contributed by atoms with E-state index in [4.69, 9.17) is 14.0 Å². The van der Waals surface area contributed by atoms with Crippen molar-refractivity contribution in [3.63, 3.8) is 0 Å². The maximum absolute atomic E-state index is 13.8. The largest absolute Gasteiger partial charge is 0.573 e. The van der Waals surface area contributed by atoms with Crippen molar-refractivity contribution in [1.82, 2.24) is 15.0 Å². The summed E-state index contributed by atoms with van der Waals surface area (Å²) in [7, 11) is 3.04. The highest BCUT2D eigenvalue weighted by atomic mass is 19.4. The molecule has 1 atom stereocenters. The van der Waals surface area contributed by atoms with Gasteiger partial charge in [-0.25, -0.2) is 4.79 Å². The van der Waals surface area contributed by atoms with Crippen molar-refractivity contribution in [3.8, 4) is 17.2 Å². The molecule has 188 valence electrons. The second-order valence-electron chi connectivity index (χ2n) is 8.31. The van der Waals surface area contributed by atoms with Crippen molar-refractivity contribution in [1.29, 1.82) is 0 Å². The zero-order chi connectivity index (χ0) is 25.4. The van der Waals surface area contributed by atoms with Crippen molar-refractivity contribution in [2.45, 2.75) is 25.4 Å². The second kappa shape index (κ2) is 9.14. The molecule has 36 heavy (non-hydrogen) atoms. The van der Waals surface area contributed by atoms with Crippen molar-refractivity contribution < 1.29 is 36.7 Å². The van der Waals surface area contributed by atoms with Crippen LogP contribution in [-0.4, -0.2) is 48.1 Å². The molecule has 5 rings (SSSR count). The van der Waals surface area contributed by atoms with Gasteiger partial charge in [-0.3, -0.25) is 4.90 Å². The molecule has 11 heteroatoms. The van der Waals surface area contributed by atoms with Crippen molar-refractivity contribution in [2.75, 3.05) is 20.8 Å². The number of fused-ring (bicyclic) bond motifs is 2. The summed E-state index contributed by atoms with van der Waals surface area (Å²) in [4.78, 5) is 16.9. The molecular formula is C25H22F3N3O5. The number of rotatable bonds is 4. The van der Waals surface area contributed by atoms with Crippen molar-refractivity contribution in [2.24, 2.45) is 0 Å². The highest BCUT2D eigenvalue weighted by Gasteiger charge is 2.38. The number of halogens is 3. The van der Waals surface area contributed by atoms with Crippen LogP contribution in [0.2, 0.25) is 0 Å². The van der Waals surface area contributed by atoms with Gasteiger partial charge in [0.15, 0.2) is 5.76 Å². The van der Waals surface area contributed by atoms with Gasteiger partial charge in [-0.15, -0.1) is 13.2 Å². The van der Waals surface area contributed by atoms with Crippen LogP contribution in [0.25, 0.3) is 6.08 Å². The van der Waals surface area contributed by atoms with Crippen LogP contribution < -0.4 is 14.2 Å². The standard InChI is InChI=1S/C25H22F3N3O5/c1-33-19-10-15-6-9-31(24(32)30-8-7-20-17(14-30)13-29-36-20)23(22(15)21(12-19)34-2)16-4-3-5-18(11-16)35-25(26,27)28/h3-5,7-8,10-13,23H,6,9,14H2,1-2H3. The number of carbonyl (C=O) groups excluding carboxylic acids is 1.